The zero-order chi connectivity index (χ0) is 10.6. The lowest BCUT2D eigenvalue weighted by atomic mass is 10.1. The molecule has 1 rings (SSSR count). The summed E-state index contributed by atoms with van der Waals surface area (Å²) >= 11 is 5.27. The molecule has 0 saturated carbocycles. The maximum Gasteiger partial charge on any atom is 0.235 e. The van der Waals surface area contributed by atoms with Gasteiger partial charge in [-0.2, -0.15) is 12.6 Å². The van der Waals surface area contributed by atoms with Gasteiger partial charge < -0.3 is 0 Å². The van der Waals surface area contributed by atoms with Crippen molar-refractivity contribution in [3.8, 4) is 0 Å². The van der Waals surface area contributed by atoms with Crippen LogP contribution in [-0.2, 0) is 11.2 Å². The van der Waals surface area contributed by atoms with Gasteiger partial charge in [0.1, 0.15) is 5.01 Å². The van der Waals surface area contributed by atoms with E-state index >= 15 is 0 Å². The van der Waals surface area contributed by atoms with Gasteiger partial charge in [0, 0.05) is 6.42 Å². The van der Waals surface area contributed by atoms with Gasteiger partial charge >= 0.3 is 0 Å². The number of hydrogen-bond donors (Lipinski definition) is 2. The predicted octanol–water partition coefficient (Wildman–Crippen LogP) is 1.60. The largest absolute Gasteiger partial charge is 0.300 e. The Labute approximate surface area is 92.5 Å². The first-order valence-corrected chi connectivity index (χ1v) is 5.79. The van der Waals surface area contributed by atoms with Crippen molar-refractivity contribution in [3.05, 3.63) is 5.01 Å². The van der Waals surface area contributed by atoms with E-state index in [0.29, 0.717) is 11.0 Å². The Bertz CT molecular complexity index is 311. The van der Waals surface area contributed by atoms with Crippen LogP contribution in [0.3, 0.4) is 0 Å². The van der Waals surface area contributed by atoms with Gasteiger partial charge in [-0.25, -0.2) is 0 Å². The van der Waals surface area contributed by atoms with E-state index in [2.05, 4.69) is 42.0 Å². The molecule has 0 bridgehead atoms. The number of nitrogens with one attached hydrogen (secondary N) is 1. The number of rotatable bonds is 4. The Kier molecular flexibility index (Phi) is 4.34. The number of hydrogen-bond acceptors (Lipinski definition) is 5. The highest BCUT2D eigenvalue weighted by atomic mass is 32.1. The highest BCUT2D eigenvalue weighted by molar-refractivity contribution is 7.81. The molecule has 0 unspecified atom stereocenters. The molecule has 1 amide bonds. The van der Waals surface area contributed by atoms with E-state index in [4.69, 9.17) is 0 Å². The number of nitrogens with zero attached hydrogens (tertiary/aromatic N) is 2. The maximum absolute atomic E-state index is 11.0. The summed E-state index contributed by atoms with van der Waals surface area (Å²) in [5.74, 6) is 0.566. The van der Waals surface area contributed by atoms with Gasteiger partial charge in [-0.05, 0) is 5.92 Å². The van der Waals surface area contributed by atoms with Crippen molar-refractivity contribution in [2.24, 2.45) is 5.92 Å². The molecular weight excluding hydrogens is 218 g/mol. The van der Waals surface area contributed by atoms with Gasteiger partial charge in [-0.3, -0.25) is 10.1 Å². The lowest BCUT2D eigenvalue weighted by molar-refractivity contribution is -0.113. The molecule has 0 fully saturated rings. The molecule has 6 heteroatoms. The molecular formula is C8H13N3OS2. The average molecular weight is 231 g/mol. The molecule has 0 aliphatic rings. The molecule has 0 spiro atoms. The van der Waals surface area contributed by atoms with Crippen LogP contribution in [0.15, 0.2) is 0 Å². The Morgan fingerprint density at radius 1 is 1.57 bits per heavy atom. The molecule has 14 heavy (non-hydrogen) atoms. The van der Waals surface area contributed by atoms with Crippen LogP contribution in [-0.4, -0.2) is 21.9 Å². The van der Waals surface area contributed by atoms with Crippen LogP contribution in [0.5, 0.6) is 0 Å². The molecule has 4 nitrogen and oxygen atoms in total. The van der Waals surface area contributed by atoms with Crippen LogP contribution in [0.25, 0.3) is 0 Å². The highest BCUT2D eigenvalue weighted by Crippen LogP contribution is 2.17. The molecule has 0 radical (unpaired) electrons. The Morgan fingerprint density at radius 2 is 2.29 bits per heavy atom. The molecule has 78 valence electrons. The van der Waals surface area contributed by atoms with E-state index in [1.54, 1.807) is 0 Å². The van der Waals surface area contributed by atoms with Crippen molar-refractivity contribution in [2.45, 2.75) is 20.3 Å². The van der Waals surface area contributed by atoms with Crippen molar-refractivity contribution in [1.82, 2.24) is 10.2 Å². The van der Waals surface area contributed by atoms with Gasteiger partial charge in [-0.1, -0.05) is 25.2 Å². The average Bonchev–Trinajstić information content (AvgIpc) is 2.51. The maximum atomic E-state index is 11.0. The van der Waals surface area contributed by atoms with Crippen LogP contribution in [0.4, 0.5) is 5.13 Å². The summed E-state index contributed by atoms with van der Waals surface area (Å²) in [6.07, 6.45) is 0.897. The van der Waals surface area contributed by atoms with Gasteiger partial charge in [0.15, 0.2) is 0 Å². The molecule has 0 aliphatic carbocycles. The molecule has 0 saturated heterocycles. The van der Waals surface area contributed by atoms with Gasteiger partial charge in [-0.15, -0.1) is 10.2 Å². The number of amides is 1. The second-order valence-electron chi connectivity index (χ2n) is 3.31. The van der Waals surface area contributed by atoms with Crippen molar-refractivity contribution in [1.29, 1.82) is 0 Å². The smallest absolute Gasteiger partial charge is 0.235 e. The quantitative estimate of drug-likeness (QED) is 0.774. The van der Waals surface area contributed by atoms with E-state index in [1.807, 2.05) is 0 Å². The number of thiol groups is 1. The number of anilines is 1. The van der Waals surface area contributed by atoms with Crippen molar-refractivity contribution < 1.29 is 4.79 Å². The fourth-order valence-electron chi connectivity index (χ4n) is 0.895. The summed E-state index contributed by atoms with van der Waals surface area (Å²) < 4.78 is 0. The third-order valence-corrected chi connectivity index (χ3v) is 2.59. The fraction of sp³-hybridized carbons (Fsp3) is 0.625. The molecule has 1 aromatic rings. The molecule has 0 atom stereocenters. The van der Waals surface area contributed by atoms with Gasteiger partial charge in [0.05, 0.1) is 5.75 Å². The second-order valence-corrected chi connectivity index (χ2v) is 4.68. The third kappa shape index (κ3) is 3.63. The first-order chi connectivity index (χ1) is 6.61. The van der Waals surface area contributed by atoms with Crippen LogP contribution >= 0.6 is 24.0 Å². The highest BCUT2D eigenvalue weighted by Gasteiger charge is 2.07. The van der Waals surface area contributed by atoms with Crippen LogP contribution in [0.1, 0.15) is 18.9 Å². The zero-order valence-corrected chi connectivity index (χ0v) is 9.86. The summed E-state index contributed by atoms with van der Waals surface area (Å²) in [6, 6.07) is 0. The standard InChI is InChI=1S/C8H13N3OS2/c1-5(2)3-7-10-11-8(14-7)9-6(12)4-13/h5,13H,3-4H2,1-2H3,(H,9,11,12). The van der Waals surface area contributed by atoms with E-state index in [0.717, 1.165) is 11.4 Å². The fourth-order valence-corrected chi connectivity index (χ4v) is 1.94. The molecule has 1 N–H and O–H groups in total. The topological polar surface area (TPSA) is 54.9 Å². The van der Waals surface area contributed by atoms with E-state index in [1.165, 1.54) is 11.3 Å². The van der Waals surface area contributed by atoms with Crippen molar-refractivity contribution >= 4 is 35.0 Å². The van der Waals surface area contributed by atoms with Gasteiger partial charge in [0.2, 0.25) is 11.0 Å². The number of carbonyl (C=O) groups excluding carboxylic acids is 1. The lowest BCUT2D eigenvalue weighted by Crippen LogP contribution is -2.12. The minimum absolute atomic E-state index is 0.152. The third-order valence-electron chi connectivity index (χ3n) is 1.44. The first-order valence-electron chi connectivity index (χ1n) is 4.35. The van der Waals surface area contributed by atoms with Crippen LogP contribution < -0.4 is 5.32 Å². The van der Waals surface area contributed by atoms with Crippen molar-refractivity contribution in [2.75, 3.05) is 11.1 Å². The normalized spacial score (nSPS) is 10.6. The number of carbonyl (C=O) groups is 1. The minimum atomic E-state index is -0.152. The molecule has 1 aromatic heterocycles. The Hall–Kier alpha value is -0.620. The summed E-state index contributed by atoms with van der Waals surface area (Å²) in [4.78, 5) is 11.0. The summed E-state index contributed by atoms with van der Waals surface area (Å²) in [6.45, 7) is 4.24. The molecule has 0 aromatic carbocycles. The SMILES string of the molecule is CC(C)Cc1nnc(NC(=O)CS)s1. The first kappa shape index (κ1) is 11.5. The molecule has 1 heterocycles. The second kappa shape index (κ2) is 5.31. The lowest BCUT2D eigenvalue weighted by Gasteiger charge is -1.97. The van der Waals surface area contributed by atoms with E-state index in [9.17, 15) is 4.79 Å². The van der Waals surface area contributed by atoms with Crippen LogP contribution in [0, 0.1) is 5.92 Å². The summed E-state index contributed by atoms with van der Waals surface area (Å²) in [5, 5.41) is 12.0. The van der Waals surface area contributed by atoms with Crippen LogP contribution in [0.2, 0.25) is 0 Å². The van der Waals surface area contributed by atoms with Crippen molar-refractivity contribution in [3.63, 3.8) is 0 Å². The summed E-state index contributed by atoms with van der Waals surface area (Å²) in [7, 11) is 0. The van der Waals surface area contributed by atoms with Gasteiger partial charge in [0.25, 0.3) is 0 Å². The summed E-state index contributed by atoms with van der Waals surface area (Å²) in [5.41, 5.74) is 0. The number of aromatic nitrogens is 2. The molecule has 0 aliphatic heterocycles. The van der Waals surface area contributed by atoms with E-state index in [-0.39, 0.29) is 11.7 Å². The Morgan fingerprint density at radius 3 is 2.86 bits per heavy atom. The predicted molar refractivity (Wildman–Crippen MR) is 60.9 cm³/mol. The van der Waals surface area contributed by atoms with E-state index < -0.39 is 0 Å². The Balaban J connectivity index is 2.55. The zero-order valence-electron chi connectivity index (χ0n) is 8.15. The monoisotopic (exact) mass is 231 g/mol. The minimum Gasteiger partial charge on any atom is -0.300 e.